The van der Waals surface area contributed by atoms with Crippen LogP contribution in [0.5, 0.6) is 0 Å². The number of fused-ring (bicyclic) bond motifs is 1. The second-order valence-corrected chi connectivity index (χ2v) is 8.66. The maximum atomic E-state index is 11.8. The summed E-state index contributed by atoms with van der Waals surface area (Å²) < 4.78 is 9.36. The zero-order valence-corrected chi connectivity index (χ0v) is 19.2. The Kier molecular flexibility index (Phi) is 5.34. The highest BCUT2D eigenvalue weighted by Gasteiger charge is 2.28. The van der Waals surface area contributed by atoms with E-state index in [-0.39, 0.29) is 12.0 Å². The molecule has 0 atom stereocenters. The van der Waals surface area contributed by atoms with Crippen LogP contribution in [0.3, 0.4) is 0 Å². The number of hydrogen-bond donors (Lipinski definition) is 1. The molecule has 3 aromatic heterocycles. The summed E-state index contributed by atoms with van der Waals surface area (Å²) in [6, 6.07) is 12.2. The maximum absolute atomic E-state index is 11.8. The first-order chi connectivity index (χ1) is 15.6. The lowest BCUT2D eigenvalue weighted by Gasteiger charge is -2.31. The van der Waals surface area contributed by atoms with Crippen molar-refractivity contribution in [1.29, 1.82) is 0 Å². The Labute approximate surface area is 193 Å². The summed E-state index contributed by atoms with van der Waals surface area (Å²) in [5.74, 6) is 0.711. The third-order valence-electron chi connectivity index (χ3n) is 6.02. The number of ether oxygens (including phenoxy) is 1. The van der Waals surface area contributed by atoms with Gasteiger partial charge in [-0.1, -0.05) is 18.2 Å². The predicted molar refractivity (Wildman–Crippen MR) is 126 cm³/mol. The molecule has 0 radical (unpaired) electrons. The van der Waals surface area contributed by atoms with Crippen molar-refractivity contribution >= 4 is 33.5 Å². The van der Waals surface area contributed by atoms with Crippen molar-refractivity contribution in [3.63, 3.8) is 0 Å². The number of nitrogens with zero attached hydrogens (tertiary/aromatic N) is 5. The van der Waals surface area contributed by atoms with Gasteiger partial charge in [0, 0.05) is 48.2 Å². The third kappa shape index (κ3) is 3.52. The summed E-state index contributed by atoms with van der Waals surface area (Å²) in [5, 5.41) is 4.49. The molecule has 1 aliphatic rings. The molecule has 0 spiro atoms. The van der Waals surface area contributed by atoms with E-state index in [2.05, 4.69) is 50.0 Å². The molecule has 0 aliphatic carbocycles. The number of carbonyl (C=O) groups is 1. The zero-order valence-electron chi connectivity index (χ0n) is 17.6. The van der Waals surface area contributed by atoms with Crippen LogP contribution in [0.1, 0.15) is 24.5 Å². The highest BCUT2D eigenvalue weighted by molar-refractivity contribution is 9.10. The minimum absolute atomic E-state index is 0.189. The molecule has 1 saturated heterocycles. The van der Waals surface area contributed by atoms with Gasteiger partial charge >= 0.3 is 6.09 Å². The van der Waals surface area contributed by atoms with Gasteiger partial charge in [-0.2, -0.15) is 9.61 Å². The van der Waals surface area contributed by atoms with Crippen molar-refractivity contribution in [2.24, 2.45) is 0 Å². The summed E-state index contributed by atoms with van der Waals surface area (Å²) in [7, 11) is 1.41. The van der Waals surface area contributed by atoms with Gasteiger partial charge in [-0.15, -0.1) is 0 Å². The zero-order chi connectivity index (χ0) is 22.2. The molecule has 4 aromatic rings. The molecule has 164 valence electrons. The Bertz CT molecular complexity index is 1270. The monoisotopic (exact) mass is 494 g/mol. The molecule has 1 fully saturated rings. The number of nitrogen functional groups attached to an aromatic ring is 1. The van der Waals surface area contributed by atoms with E-state index in [1.54, 1.807) is 15.6 Å². The first kappa shape index (κ1) is 20.6. The van der Waals surface area contributed by atoms with Crippen LogP contribution in [0, 0.1) is 0 Å². The molecule has 2 N–H and O–H groups in total. The smallest absolute Gasteiger partial charge is 0.409 e. The van der Waals surface area contributed by atoms with Gasteiger partial charge in [0.15, 0.2) is 5.65 Å². The molecular weight excluding hydrogens is 472 g/mol. The number of para-hydroxylation sites is 1. The third-order valence-corrected chi connectivity index (χ3v) is 6.83. The van der Waals surface area contributed by atoms with Gasteiger partial charge in [0.2, 0.25) is 0 Å². The van der Waals surface area contributed by atoms with Crippen LogP contribution in [0.4, 0.5) is 10.6 Å². The van der Waals surface area contributed by atoms with Gasteiger partial charge in [0.1, 0.15) is 5.82 Å². The Morgan fingerprint density at radius 3 is 2.66 bits per heavy atom. The van der Waals surface area contributed by atoms with Gasteiger partial charge in [0.25, 0.3) is 0 Å². The van der Waals surface area contributed by atoms with Gasteiger partial charge < -0.3 is 19.9 Å². The summed E-state index contributed by atoms with van der Waals surface area (Å²) in [4.78, 5) is 18.5. The van der Waals surface area contributed by atoms with E-state index in [0.29, 0.717) is 18.9 Å². The molecule has 1 amide bonds. The van der Waals surface area contributed by atoms with Crippen LogP contribution in [0.15, 0.2) is 59.5 Å². The van der Waals surface area contributed by atoms with Crippen LogP contribution < -0.4 is 5.73 Å². The molecule has 32 heavy (non-hydrogen) atoms. The number of hydrogen-bond acceptors (Lipinski definition) is 5. The number of aromatic nitrogens is 4. The topological polar surface area (TPSA) is 90.7 Å². The fourth-order valence-corrected chi connectivity index (χ4v) is 4.85. The Hall–Kier alpha value is -3.33. The molecule has 0 saturated carbocycles. The molecule has 1 aliphatic heterocycles. The average Bonchev–Trinajstić information content (AvgIpc) is 3.49. The molecule has 4 heterocycles. The number of amides is 1. The summed E-state index contributed by atoms with van der Waals surface area (Å²) in [5.41, 5.74) is 11.1. The number of rotatable bonds is 3. The van der Waals surface area contributed by atoms with Crippen molar-refractivity contribution in [2.75, 3.05) is 25.9 Å². The second-order valence-electron chi connectivity index (χ2n) is 7.86. The minimum atomic E-state index is -0.286. The van der Waals surface area contributed by atoms with E-state index in [1.165, 1.54) is 7.11 Å². The highest BCUT2D eigenvalue weighted by atomic mass is 79.9. The second kappa shape index (κ2) is 8.31. The maximum Gasteiger partial charge on any atom is 0.409 e. The van der Waals surface area contributed by atoms with Gasteiger partial charge in [-0.25, -0.2) is 9.78 Å². The number of methoxy groups -OCH3 is 1. The SMILES string of the molecule is COC(=O)N1CCC(c2nc3c(-c4ccn(-c5ccccc5)c4)cnn3c(N)c2Br)CC1. The predicted octanol–water partition coefficient (Wildman–Crippen LogP) is 4.48. The van der Waals surface area contributed by atoms with Gasteiger partial charge in [0.05, 0.1) is 23.5 Å². The van der Waals surface area contributed by atoms with Crippen LogP contribution in [0.25, 0.3) is 22.5 Å². The van der Waals surface area contributed by atoms with E-state index in [1.807, 2.05) is 24.4 Å². The molecule has 5 rings (SSSR count). The standard InChI is InChI=1S/C23H23BrN6O2/c1-32-23(31)28-10-7-15(8-11-28)20-19(24)21(25)30-22(27-20)18(13-26-30)16-9-12-29(14-16)17-5-3-2-4-6-17/h2-6,9,12-15H,7-8,10-11,25H2,1H3. The minimum Gasteiger partial charge on any atom is -0.453 e. The number of halogens is 1. The molecule has 9 heteroatoms. The van der Waals surface area contributed by atoms with E-state index in [9.17, 15) is 4.79 Å². The van der Waals surface area contributed by atoms with E-state index < -0.39 is 0 Å². The lowest BCUT2D eigenvalue weighted by atomic mass is 9.93. The lowest BCUT2D eigenvalue weighted by molar-refractivity contribution is 0.112. The number of likely N-dealkylation sites (tertiary alicyclic amines) is 1. The van der Waals surface area contributed by atoms with Crippen molar-refractivity contribution < 1.29 is 9.53 Å². The Morgan fingerprint density at radius 1 is 1.19 bits per heavy atom. The fourth-order valence-electron chi connectivity index (χ4n) is 4.27. The number of anilines is 1. The van der Waals surface area contributed by atoms with Crippen molar-refractivity contribution in [1.82, 2.24) is 24.1 Å². The highest BCUT2D eigenvalue weighted by Crippen LogP contribution is 2.37. The largest absolute Gasteiger partial charge is 0.453 e. The van der Waals surface area contributed by atoms with E-state index in [4.69, 9.17) is 15.5 Å². The average molecular weight is 495 g/mol. The summed E-state index contributed by atoms with van der Waals surface area (Å²) in [6.45, 7) is 1.26. The quantitative estimate of drug-likeness (QED) is 0.453. The number of carbonyl (C=O) groups excluding carboxylic acids is 1. The van der Waals surface area contributed by atoms with Gasteiger partial charge in [-0.05, 0) is 47.0 Å². The van der Waals surface area contributed by atoms with E-state index in [0.717, 1.165) is 45.5 Å². The first-order valence-electron chi connectivity index (χ1n) is 10.5. The Balaban J connectivity index is 1.50. The number of piperidine rings is 1. The first-order valence-corrected chi connectivity index (χ1v) is 11.3. The molecule has 0 unspecified atom stereocenters. The number of benzene rings is 1. The molecular formula is C23H23BrN6O2. The van der Waals surface area contributed by atoms with Crippen LogP contribution in [-0.4, -0.2) is 50.4 Å². The van der Waals surface area contributed by atoms with Gasteiger partial charge in [-0.3, -0.25) is 0 Å². The summed E-state index contributed by atoms with van der Waals surface area (Å²) >= 11 is 3.64. The van der Waals surface area contributed by atoms with Crippen molar-refractivity contribution in [2.45, 2.75) is 18.8 Å². The van der Waals surface area contributed by atoms with Crippen LogP contribution >= 0.6 is 15.9 Å². The normalized spacial score (nSPS) is 14.8. The molecule has 8 nitrogen and oxygen atoms in total. The fraction of sp³-hybridized carbons (Fsp3) is 0.261. The summed E-state index contributed by atoms with van der Waals surface area (Å²) in [6.07, 6.45) is 7.21. The van der Waals surface area contributed by atoms with Crippen LogP contribution in [0.2, 0.25) is 0 Å². The number of nitrogens with two attached hydrogens (primary N) is 1. The van der Waals surface area contributed by atoms with E-state index >= 15 is 0 Å². The van der Waals surface area contributed by atoms with Crippen molar-refractivity contribution in [3.05, 3.63) is 65.2 Å². The lowest BCUT2D eigenvalue weighted by Crippen LogP contribution is -2.38. The van der Waals surface area contributed by atoms with Crippen molar-refractivity contribution in [3.8, 4) is 16.8 Å². The molecule has 0 bridgehead atoms. The van der Waals surface area contributed by atoms with Crippen LogP contribution in [-0.2, 0) is 4.74 Å². The molecule has 1 aromatic carbocycles. The Morgan fingerprint density at radius 2 is 1.94 bits per heavy atom.